The smallest absolute Gasteiger partial charge is 0.333 e. The zero-order valence-electron chi connectivity index (χ0n) is 19.3. The summed E-state index contributed by atoms with van der Waals surface area (Å²) in [6, 6.07) is 0.935. The van der Waals surface area contributed by atoms with E-state index in [1.807, 2.05) is 30.8 Å². The summed E-state index contributed by atoms with van der Waals surface area (Å²) < 4.78 is 17.0. The van der Waals surface area contributed by atoms with E-state index in [1.165, 1.54) is 10.6 Å². The Bertz CT molecular complexity index is 1120. The molecule has 1 aliphatic carbocycles. The van der Waals surface area contributed by atoms with Crippen molar-refractivity contribution in [1.82, 2.24) is 24.3 Å². The Balaban J connectivity index is 1.60. The summed E-state index contributed by atoms with van der Waals surface area (Å²) in [5.74, 6) is 1.32. The van der Waals surface area contributed by atoms with E-state index < -0.39 is 11.4 Å². The summed E-state index contributed by atoms with van der Waals surface area (Å²) in [4.78, 5) is 45.2. The first-order chi connectivity index (χ1) is 15.8. The SMILES string of the molecule is CN(C)CCC(=O)NC1CCC(n2c(=O)c3cc(F)cnc3n(C3CCSCC3)c2=O)CC1. The van der Waals surface area contributed by atoms with E-state index in [0.29, 0.717) is 38.6 Å². The highest BCUT2D eigenvalue weighted by molar-refractivity contribution is 7.99. The molecule has 2 fully saturated rings. The summed E-state index contributed by atoms with van der Waals surface area (Å²) in [5, 5.41) is 3.24. The number of thioether (sulfide) groups is 1. The van der Waals surface area contributed by atoms with Gasteiger partial charge in [0.2, 0.25) is 5.91 Å². The maximum absolute atomic E-state index is 14.0. The van der Waals surface area contributed by atoms with Crippen LogP contribution in [0.1, 0.15) is 57.0 Å². The maximum atomic E-state index is 14.0. The second-order valence-corrected chi connectivity index (χ2v) is 10.5. The van der Waals surface area contributed by atoms with Crippen molar-refractivity contribution in [1.29, 1.82) is 0 Å². The van der Waals surface area contributed by atoms with Gasteiger partial charge in [0.15, 0.2) is 0 Å². The van der Waals surface area contributed by atoms with E-state index in [2.05, 4.69) is 10.3 Å². The van der Waals surface area contributed by atoms with Gasteiger partial charge >= 0.3 is 5.69 Å². The number of nitrogens with one attached hydrogen (secondary N) is 1. The zero-order valence-corrected chi connectivity index (χ0v) is 20.1. The molecule has 0 bridgehead atoms. The predicted molar refractivity (Wildman–Crippen MR) is 128 cm³/mol. The molecule has 0 unspecified atom stereocenters. The lowest BCUT2D eigenvalue weighted by Crippen LogP contribution is -2.46. The van der Waals surface area contributed by atoms with Gasteiger partial charge in [-0.1, -0.05) is 0 Å². The number of fused-ring (bicyclic) bond motifs is 1. The molecular formula is C23H32FN5O3S. The third kappa shape index (κ3) is 5.32. The Hall–Kier alpha value is -2.20. The fraction of sp³-hybridized carbons (Fsp3) is 0.652. The molecule has 1 saturated carbocycles. The molecule has 8 nitrogen and oxygen atoms in total. The number of carbonyl (C=O) groups is 1. The molecule has 1 amide bonds. The van der Waals surface area contributed by atoms with Crippen molar-refractivity contribution >= 4 is 28.7 Å². The monoisotopic (exact) mass is 477 g/mol. The zero-order chi connectivity index (χ0) is 23.5. The summed E-state index contributed by atoms with van der Waals surface area (Å²) in [6.07, 6.45) is 5.79. The Morgan fingerprint density at radius 2 is 1.79 bits per heavy atom. The molecular weight excluding hydrogens is 445 g/mol. The second-order valence-electron chi connectivity index (χ2n) is 9.32. The van der Waals surface area contributed by atoms with E-state index in [9.17, 15) is 18.8 Å². The molecule has 4 rings (SSSR count). The number of pyridine rings is 1. The first-order valence-corrected chi connectivity index (χ1v) is 12.8. The molecule has 1 saturated heterocycles. The predicted octanol–water partition coefficient (Wildman–Crippen LogP) is 2.32. The van der Waals surface area contributed by atoms with Crippen molar-refractivity contribution < 1.29 is 9.18 Å². The number of amides is 1. The van der Waals surface area contributed by atoms with Crippen LogP contribution in [0.4, 0.5) is 4.39 Å². The topological polar surface area (TPSA) is 89.2 Å². The maximum Gasteiger partial charge on any atom is 0.333 e. The van der Waals surface area contributed by atoms with Crippen LogP contribution in [-0.4, -0.2) is 63.1 Å². The number of hydrogen-bond donors (Lipinski definition) is 1. The van der Waals surface area contributed by atoms with Crippen LogP contribution in [0, 0.1) is 5.82 Å². The Kier molecular flexibility index (Phi) is 7.53. The van der Waals surface area contributed by atoms with Gasteiger partial charge in [-0.15, -0.1) is 0 Å². The highest BCUT2D eigenvalue weighted by Crippen LogP contribution is 2.30. The van der Waals surface area contributed by atoms with E-state index >= 15 is 0 Å². The number of rotatable bonds is 6. The third-order valence-electron chi connectivity index (χ3n) is 6.69. The number of nitrogens with zero attached hydrogens (tertiary/aromatic N) is 4. The average Bonchev–Trinajstić information content (AvgIpc) is 2.80. The molecule has 1 aliphatic heterocycles. The van der Waals surface area contributed by atoms with Gasteiger partial charge in [0.25, 0.3) is 5.56 Å². The molecule has 2 aromatic rings. The molecule has 180 valence electrons. The summed E-state index contributed by atoms with van der Waals surface area (Å²) in [7, 11) is 3.86. The molecule has 33 heavy (non-hydrogen) atoms. The summed E-state index contributed by atoms with van der Waals surface area (Å²) in [6.45, 7) is 0.692. The number of carbonyl (C=O) groups excluding carboxylic acids is 1. The van der Waals surface area contributed by atoms with Crippen LogP contribution < -0.4 is 16.6 Å². The van der Waals surface area contributed by atoms with Crippen LogP contribution in [0.15, 0.2) is 21.9 Å². The molecule has 0 aromatic carbocycles. The van der Waals surface area contributed by atoms with Crippen LogP contribution >= 0.6 is 11.8 Å². The van der Waals surface area contributed by atoms with Gasteiger partial charge in [-0.3, -0.25) is 18.7 Å². The minimum absolute atomic E-state index is 0.0223. The average molecular weight is 478 g/mol. The summed E-state index contributed by atoms with van der Waals surface area (Å²) >= 11 is 1.85. The number of halogens is 1. The quantitative estimate of drug-likeness (QED) is 0.687. The van der Waals surface area contributed by atoms with Crippen LogP contribution in [-0.2, 0) is 4.79 Å². The first-order valence-electron chi connectivity index (χ1n) is 11.7. The third-order valence-corrected chi connectivity index (χ3v) is 7.74. The van der Waals surface area contributed by atoms with Crippen molar-refractivity contribution in [3.63, 3.8) is 0 Å². The fourth-order valence-corrected chi connectivity index (χ4v) is 5.98. The lowest BCUT2D eigenvalue weighted by molar-refractivity contribution is -0.122. The van der Waals surface area contributed by atoms with E-state index in [4.69, 9.17) is 0 Å². The fourth-order valence-electron chi connectivity index (χ4n) is 4.90. The largest absolute Gasteiger partial charge is 0.353 e. The molecule has 2 aliphatic rings. The van der Waals surface area contributed by atoms with E-state index in [-0.39, 0.29) is 40.8 Å². The molecule has 0 atom stereocenters. The van der Waals surface area contributed by atoms with Gasteiger partial charge in [0.05, 0.1) is 11.6 Å². The van der Waals surface area contributed by atoms with Crippen LogP contribution in [0.3, 0.4) is 0 Å². The van der Waals surface area contributed by atoms with Gasteiger partial charge in [-0.05, 0) is 70.2 Å². The van der Waals surface area contributed by atoms with E-state index in [1.54, 1.807) is 4.57 Å². The molecule has 3 heterocycles. The summed E-state index contributed by atoms with van der Waals surface area (Å²) in [5.41, 5.74) is -0.537. The number of hydrogen-bond acceptors (Lipinski definition) is 6. The molecule has 2 aromatic heterocycles. The van der Waals surface area contributed by atoms with Gasteiger partial charge < -0.3 is 10.2 Å². The van der Waals surface area contributed by atoms with E-state index in [0.717, 1.165) is 30.5 Å². The lowest BCUT2D eigenvalue weighted by atomic mass is 9.90. The highest BCUT2D eigenvalue weighted by atomic mass is 32.2. The molecule has 1 N–H and O–H groups in total. The second kappa shape index (κ2) is 10.4. The Labute approximate surface area is 196 Å². The van der Waals surface area contributed by atoms with Crippen molar-refractivity contribution in [2.24, 2.45) is 0 Å². The first kappa shape index (κ1) is 23.9. The standard InChI is InChI=1S/C23H32FN5O3S/c1-27(2)10-7-20(30)26-16-3-5-17(6-4-16)29-22(31)19-13-15(24)14-25-21(19)28(23(29)32)18-8-11-33-12-9-18/h13-14,16-18H,3-12H2,1-2H3,(H,26,30). The van der Waals surface area contributed by atoms with Gasteiger partial charge in [0, 0.05) is 31.1 Å². The van der Waals surface area contributed by atoms with Crippen molar-refractivity contribution in [3.8, 4) is 0 Å². The molecule has 0 spiro atoms. The van der Waals surface area contributed by atoms with Gasteiger partial charge in [0.1, 0.15) is 11.5 Å². The van der Waals surface area contributed by atoms with Crippen LogP contribution in [0.25, 0.3) is 11.0 Å². The molecule has 0 radical (unpaired) electrons. The van der Waals surface area contributed by atoms with Gasteiger partial charge in [-0.25, -0.2) is 14.2 Å². The minimum Gasteiger partial charge on any atom is -0.353 e. The lowest BCUT2D eigenvalue weighted by Gasteiger charge is -2.31. The van der Waals surface area contributed by atoms with Crippen molar-refractivity contribution in [3.05, 3.63) is 38.9 Å². The molecule has 10 heteroatoms. The van der Waals surface area contributed by atoms with Crippen LogP contribution in [0.5, 0.6) is 0 Å². The Morgan fingerprint density at radius 3 is 2.45 bits per heavy atom. The van der Waals surface area contributed by atoms with Gasteiger partial charge in [-0.2, -0.15) is 11.8 Å². The minimum atomic E-state index is -0.584. The van der Waals surface area contributed by atoms with Crippen molar-refractivity contribution in [2.45, 2.75) is 63.1 Å². The van der Waals surface area contributed by atoms with Crippen LogP contribution in [0.2, 0.25) is 0 Å². The normalized spacial score (nSPS) is 22.1. The number of aromatic nitrogens is 3. The highest BCUT2D eigenvalue weighted by Gasteiger charge is 2.29. The van der Waals surface area contributed by atoms with Crippen molar-refractivity contribution in [2.75, 3.05) is 32.1 Å². The Morgan fingerprint density at radius 1 is 1.12 bits per heavy atom.